The van der Waals surface area contributed by atoms with E-state index in [1.54, 1.807) is 0 Å². The van der Waals surface area contributed by atoms with Gasteiger partial charge in [-0.05, 0) is 0 Å². The molecule has 0 saturated heterocycles. The summed E-state index contributed by atoms with van der Waals surface area (Å²) < 4.78 is 11.5. The van der Waals surface area contributed by atoms with E-state index in [0.29, 0.717) is 0 Å². The van der Waals surface area contributed by atoms with Crippen LogP contribution in [0.3, 0.4) is 0 Å². The Morgan fingerprint density at radius 3 is 2.88 bits per heavy atom. The molecule has 12 heteroatoms. The number of carboxylic acids is 1. The quantitative estimate of drug-likeness (QED) is 0.309. The van der Waals surface area contributed by atoms with Crippen LogP contribution in [0.4, 0.5) is 5.95 Å². The number of H-pyrrole nitrogens is 1. The number of carboxylic acid groups (broad SMARTS) is 1. The van der Waals surface area contributed by atoms with Crippen molar-refractivity contribution < 1.29 is 24.2 Å². The number of aliphatic carboxylic acids is 1. The number of nitrogens with one attached hydrogen (secondary N) is 1. The Hall–Kier alpha value is -2.99. The van der Waals surface area contributed by atoms with E-state index in [1.165, 1.54) is 10.9 Å². The van der Waals surface area contributed by atoms with Gasteiger partial charge in [-0.25, -0.2) is 4.98 Å². The van der Waals surface area contributed by atoms with E-state index in [2.05, 4.69) is 15.0 Å². The Balaban J connectivity index is 1.78. The minimum atomic E-state index is -1.30. The molecular formula is C12H16N6O6. The number of nitrogens with two attached hydrogens (primary N) is 2. The first-order valence-electron chi connectivity index (χ1n) is 6.81. The second kappa shape index (κ2) is 7.52. The van der Waals surface area contributed by atoms with Crippen molar-refractivity contribution in [1.29, 1.82) is 0 Å². The fourth-order valence-electron chi connectivity index (χ4n) is 1.77. The van der Waals surface area contributed by atoms with Gasteiger partial charge in [-0.1, -0.05) is 0 Å². The zero-order chi connectivity index (χ0) is 17.7. The Labute approximate surface area is 134 Å². The highest BCUT2D eigenvalue weighted by Crippen LogP contribution is 2.06. The molecule has 0 spiro atoms. The van der Waals surface area contributed by atoms with E-state index in [4.69, 9.17) is 26.0 Å². The molecule has 130 valence electrons. The Kier molecular flexibility index (Phi) is 5.44. The van der Waals surface area contributed by atoms with Crippen molar-refractivity contribution in [1.82, 2.24) is 19.5 Å². The lowest BCUT2D eigenvalue weighted by Gasteiger charge is -2.08. The fourth-order valence-corrected chi connectivity index (χ4v) is 1.77. The Morgan fingerprint density at radius 2 is 2.17 bits per heavy atom. The predicted octanol–water partition coefficient (Wildman–Crippen LogP) is -1.98. The van der Waals surface area contributed by atoms with Crippen LogP contribution in [0, 0.1) is 0 Å². The number of hydrogen-bond acceptors (Lipinski definition) is 9. The average molecular weight is 340 g/mol. The van der Waals surface area contributed by atoms with Gasteiger partial charge in [0.05, 0.1) is 19.4 Å². The molecule has 2 aromatic heterocycles. The SMILES string of the molecule is Nc1nc2c(ncn2COCCOC(=O)CC(N)C(=O)O)c(=O)[nH]1. The summed E-state index contributed by atoms with van der Waals surface area (Å²) in [6, 6.07) is -1.30. The smallest absolute Gasteiger partial charge is 0.321 e. The number of aromatic amines is 1. The molecule has 1 unspecified atom stereocenters. The van der Waals surface area contributed by atoms with Gasteiger partial charge in [0.1, 0.15) is 19.4 Å². The largest absolute Gasteiger partial charge is 0.480 e. The lowest BCUT2D eigenvalue weighted by atomic mass is 10.2. The standard InChI is InChI=1S/C12H16N6O6/c13-6(11(21)22)3-7(19)24-2-1-23-5-18-4-15-8-9(18)16-12(14)17-10(8)20/h4,6H,1-3,5,13H2,(H,21,22)(H3,14,16,17,20). The van der Waals surface area contributed by atoms with Crippen LogP contribution in [0.2, 0.25) is 0 Å². The van der Waals surface area contributed by atoms with Crippen LogP contribution in [0.25, 0.3) is 11.2 Å². The van der Waals surface area contributed by atoms with Crippen molar-refractivity contribution in [3.8, 4) is 0 Å². The van der Waals surface area contributed by atoms with Gasteiger partial charge in [-0.3, -0.25) is 23.9 Å². The van der Waals surface area contributed by atoms with Crippen LogP contribution in [0.1, 0.15) is 6.42 Å². The molecule has 24 heavy (non-hydrogen) atoms. The second-order valence-electron chi connectivity index (χ2n) is 4.74. The van der Waals surface area contributed by atoms with Crippen molar-refractivity contribution in [2.45, 2.75) is 19.2 Å². The molecule has 1 atom stereocenters. The third-order valence-electron chi connectivity index (χ3n) is 2.92. The van der Waals surface area contributed by atoms with Crippen LogP contribution in [0.15, 0.2) is 11.1 Å². The summed E-state index contributed by atoms with van der Waals surface area (Å²) >= 11 is 0. The summed E-state index contributed by atoms with van der Waals surface area (Å²) in [5.74, 6) is -2.06. The van der Waals surface area contributed by atoms with E-state index < -0.39 is 30.0 Å². The van der Waals surface area contributed by atoms with Gasteiger partial charge in [-0.15, -0.1) is 0 Å². The number of rotatable bonds is 8. The number of nitrogens with zero attached hydrogens (tertiary/aromatic N) is 3. The molecule has 0 aliphatic carbocycles. The maximum atomic E-state index is 11.6. The maximum Gasteiger partial charge on any atom is 0.321 e. The highest BCUT2D eigenvalue weighted by Gasteiger charge is 2.17. The highest BCUT2D eigenvalue weighted by molar-refractivity contribution is 5.81. The van der Waals surface area contributed by atoms with Gasteiger partial charge in [0.25, 0.3) is 5.56 Å². The third kappa shape index (κ3) is 4.27. The van der Waals surface area contributed by atoms with Crippen LogP contribution in [-0.4, -0.2) is 55.8 Å². The molecule has 12 nitrogen and oxygen atoms in total. The number of anilines is 1. The summed E-state index contributed by atoms with van der Waals surface area (Å²) in [5, 5.41) is 8.57. The molecule has 0 aromatic carbocycles. The predicted molar refractivity (Wildman–Crippen MR) is 79.7 cm³/mol. The van der Waals surface area contributed by atoms with Gasteiger partial charge in [0.2, 0.25) is 5.95 Å². The van der Waals surface area contributed by atoms with Gasteiger partial charge in [0, 0.05) is 0 Å². The molecule has 0 aliphatic rings. The number of fused-ring (bicyclic) bond motifs is 1. The monoisotopic (exact) mass is 340 g/mol. The second-order valence-corrected chi connectivity index (χ2v) is 4.74. The zero-order valence-electron chi connectivity index (χ0n) is 12.5. The van der Waals surface area contributed by atoms with Crippen molar-refractivity contribution in [2.24, 2.45) is 5.73 Å². The molecule has 0 amide bonds. The Morgan fingerprint density at radius 1 is 1.42 bits per heavy atom. The number of imidazole rings is 1. The number of aromatic nitrogens is 4. The van der Waals surface area contributed by atoms with E-state index >= 15 is 0 Å². The minimum Gasteiger partial charge on any atom is -0.480 e. The lowest BCUT2D eigenvalue weighted by Crippen LogP contribution is -2.33. The molecule has 6 N–H and O–H groups in total. The first-order valence-corrected chi connectivity index (χ1v) is 6.81. The van der Waals surface area contributed by atoms with E-state index in [9.17, 15) is 14.4 Å². The van der Waals surface area contributed by atoms with Crippen molar-refractivity contribution in [3.05, 3.63) is 16.7 Å². The number of carbonyl (C=O) groups is 2. The van der Waals surface area contributed by atoms with Crippen LogP contribution in [0.5, 0.6) is 0 Å². The first kappa shape index (κ1) is 17.4. The molecule has 2 aromatic rings. The number of ether oxygens (including phenoxy) is 2. The minimum absolute atomic E-state index is 0.0125. The number of carbonyl (C=O) groups excluding carboxylic acids is 1. The molecule has 0 aliphatic heterocycles. The van der Waals surface area contributed by atoms with Gasteiger partial charge < -0.3 is 26.0 Å². The molecule has 0 bridgehead atoms. The van der Waals surface area contributed by atoms with Crippen molar-refractivity contribution >= 4 is 29.1 Å². The third-order valence-corrected chi connectivity index (χ3v) is 2.92. The maximum absolute atomic E-state index is 11.6. The number of esters is 1. The summed E-state index contributed by atoms with van der Waals surface area (Å²) in [6.45, 7) is -0.0149. The molecular weight excluding hydrogens is 324 g/mol. The normalized spacial score (nSPS) is 12.2. The summed E-state index contributed by atoms with van der Waals surface area (Å²) in [4.78, 5) is 43.6. The van der Waals surface area contributed by atoms with Crippen LogP contribution >= 0.6 is 0 Å². The fraction of sp³-hybridized carbons (Fsp3) is 0.417. The Bertz CT molecular complexity index is 799. The first-order chi connectivity index (χ1) is 11.4. The molecule has 0 saturated carbocycles. The topological polar surface area (TPSA) is 188 Å². The van der Waals surface area contributed by atoms with Crippen molar-refractivity contribution in [3.63, 3.8) is 0 Å². The highest BCUT2D eigenvalue weighted by atomic mass is 16.6. The van der Waals surface area contributed by atoms with Crippen molar-refractivity contribution in [2.75, 3.05) is 18.9 Å². The van der Waals surface area contributed by atoms with Gasteiger partial charge >= 0.3 is 11.9 Å². The number of nitrogen functional groups attached to an aromatic ring is 1. The van der Waals surface area contributed by atoms with Gasteiger partial charge in [0.15, 0.2) is 11.2 Å². The summed E-state index contributed by atoms with van der Waals surface area (Å²) in [7, 11) is 0. The summed E-state index contributed by atoms with van der Waals surface area (Å²) in [6.07, 6.45) is 0.942. The lowest BCUT2D eigenvalue weighted by molar-refractivity contribution is -0.150. The van der Waals surface area contributed by atoms with Crippen LogP contribution in [-0.2, 0) is 25.8 Å². The molecule has 2 heterocycles. The molecule has 0 radical (unpaired) electrons. The van der Waals surface area contributed by atoms with E-state index in [-0.39, 0.29) is 37.1 Å². The molecule has 0 fully saturated rings. The molecule has 2 rings (SSSR count). The van der Waals surface area contributed by atoms with E-state index in [0.717, 1.165) is 0 Å². The van der Waals surface area contributed by atoms with Crippen LogP contribution < -0.4 is 17.0 Å². The van der Waals surface area contributed by atoms with Gasteiger partial charge in [-0.2, -0.15) is 4.98 Å². The summed E-state index contributed by atoms with van der Waals surface area (Å²) in [5.41, 5.74) is 10.6. The average Bonchev–Trinajstić information content (AvgIpc) is 2.90. The van der Waals surface area contributed by atoms with E-state index in [1.807, 2.05) is 0 Å². The number of hydrogen-bond donors (Lipinski definition) is 4. The zero-order valence-corrected chi connectivity index (χ0v) is 12.5.